The predicted octanol–water partition coefficient (Wildman–Crippen LogP) is 1.47. The molecule has 1 aliphatic rings. The molecule has 1 rings (SSSR count). The summed E-state index contributed by atoms with van der Waals surface area (Å²) in [5.41, 5.74) is 6.03. The van der Waals surface area contributed by atoms with Gasteiger partial charge in [-0.1, -0.05) is 20.3 Å². The highest BCUT2D eigenvalue weighted by Gasteiger charge is 2.43. The Kier molecular flexibility index (Phi) is 4.56. The second-order valence-electron chi connectivity index (χ2n) is 4.96. The Morgan fingerprint density at radius 1 is 1.60 bits per heavy atom. The molecule has 0 aromatic rings. The number of ether oxygens (including phenoxy) is 1. The summed E-state index contributed by atoms with van der Waals surface area (Å²) in [5, 5.41) is 0. The van der Waals surface area contributed by atoms with Gasteiger partial charge in [-0.2, -0.15) is 0 Å². The molecule has 90 valence electrons. The van der Waals surface area contributed by atoms with Crippen LogP contribution in [0.3, 0.4) is 0 Å². The van der Waals surface area contributed by atoms with Crippen molar-refractivity contribution in [2.24, 2.45) is 11.7 Å². The van der Waals surface area contributed by atoms with E-state index in [1.807, 2.05) is 0 Å². The molecule has 1 heterocycles. The molecule has 0 aliphatic carbocycles. The first-order valence-electron chi connectivity index (χ1n) is 6.09. The van der Waals surface area contributed by atoms with Crippen LogP contribution in [0, 0.1) is 5.92 Å². The fourth-order valence-electron chi connectivity index (χ4n) is 2.47. The maximum atomic E-state index is 5.96. The van der Waals surface area contributed by atoms with Gasteiger partial charge >= 0.3 is 0 Å². The molecule has 1 aliphatic heterocycles. The average Bonchev–Trinajstić information content (AvgIpc) is 2.60. The molecule has 3 heteroatoms. The normalized spacial score (nSPS) is 33.6. The van der Waals surface area contributed by atoms with E-state index in [4.69, 9.17) is 10.5 Å². The van der Waals surface area contributed by atoms with Crippen molar-refractivity contribution in [3.8, 4) is 0 Å². The zero-order chi connectivity index (χ0) is 11.5. The number of nitrogens with zero attached hydrogens (tertiary/aromatic N) is 1. The summed E-state index contributed by atoms with van der Waals surface area (Å²) in [6.45, 7) is 9.34. The van der Waals surface area contributed by atoms with Gasteiger partial charge in [-0.25, -0.2) is 0 Å². The van der Waals surface area contributed by atoms with Gasteiger partial charge in [-0.15, -0.1) is 0 Å². The molecule has 0 spiro atoms. The maximum absolute atomic E-state index is 5.96. The monoisotopic (exact) mass is 214 g/mol. The molecular formula is C12H26N2O. The van der Waals surface area contributed by atoms with Crippen molar-refractivity contribution in [2.75, 3.05) is 26.7 Å². The predicted molar refractivity (Wildman–Crippen MR) is 63.9 cm³/mol. The molecule has 3 unspecified atom stereocenters. The second kappa shape index (κ2) is 5.28. The van der Waals surface area contributed by atoms with Gasteiger partial charge in [-0.05, 0) is 26.3 Å². The quantitative estimate of drug-likeness (QED) is 0.753. The molecular weight excluding hydrogens is 188 g/mol. The molecule has 2 N–H and O–H groups in total. The minimum Gasteiger partial charge on any atom is -0.376 e. The number of nitrogens with two attached hydrogens (primary N) is 1. The van der Waals surface area contributed by atoms with Crippen LogP contribution in [0.5, 0.6) is 0 Å². The van der Waals surface area contributed by atoms with Crippen molar-refractivity contribution in [2.45, 2.75) is 45.3 Å². The smallest absolute Gasteiger partial charge is 0.0743 e. The Bertz CT molecular complexity index is 198. The maximum Gasteiger partial charge on any atom is 0.0743 e. The minimum absolute atomic E-state index is 0.0728. The van der Waals surface area contributed by atoms with E-state index in [2.05, 4.69) is 32.7 Å². The highest BCUT2D eigenvalue weighted by atomic mass is 16.5. The van der Waals surface area contributed by atoms with Crippen LogP contribution in [0.2, 0.25) is 0 Å². The van der Waals surface area contributed by atoms with Gasteiger partial charge < -0.3 is 10.5 Å². The molecule has 3 atom stereocenters. The average molecular weight is 214 g/mol. The van der Waals surface area contributed by atoms with Crippen LogP contribution in [0.15, 0.2) is 0 Å². The largest absolute Gasteiger partial charge is 0.376 e. The summed E-state index contributed by atoms with van der Waals surface area (Å²) in [4.78, 5) is 2.42. The summed E-state index contributed by atoms with van der Waals surface area (Å²) >= 11 is 0. The first-order valence-corrected chi connectivity index (χ1v) is 6.09. The molecule has 1 fully saturated rings. The fraction of sp³-hybridized carbons (Fsp3) is 1.00. The second-order valence-corrected chi connectivity index (χ2v) is 4.96. The van der Waals surface area contributed by atoms with E-state index in [9.17, 15) is 0 Å². The van der Waals surface area contributed by atoms with Crippen LogP contribution in [0.25, 0.3) is 0 Å². The summed E-state index contributed by atoms with van der Waals surface area (Å²) in [5.74, 6) is 0.728. The summed E-state index contributed by atoms with van der Waals surface area (Å²) in [6.07, 6.45) is 2.55. The van der Waals surface area contributed by atoms with Crippen LogP contribution in [-0.4, -0.2) is 43.3 Å². The lowest BCUT2D eigenvalue weighted by Gasteiger charge is -2.41. The van der Waals surface area contributed by atoms with E-state index in [1.54, 1.807) is 0 Å². The van der Waals surface area contributed by atoms with Crippen molar-refractivity contribution in [1.29, 1.82) is 0 Å². The van der Waals surface area contributed by atoms with Gasteiger partial charge in [0.1, 0.15) is 0 Å². The number of hydrogen-bond acceptors (Lipinski definition) is 3. The van der Waals surface area contributed by atoms with Gasteiger partial charge in [0, 0.05) is 19.7 Å². The molecule has 1 saturated heterocycles. The molecule has 0 radical (unpaired) electrons. The van der Waals surface area contributed by atoms with E-state index >= 15 is 0 Å². The number of hydrogen-bond donors (Lipinski definition) is 1. The molecule has 15 heavy (non-hydrogen) atoms. The first-order chi connectivity index (χ1) is 7.06. The van der Waals surface area contributed by atoms with Gasteiger partial charge in [0.05, 0.1) is 11.6 Å². The lowest BCUT2D eigenvalue weighted by Crippen LogP contribution is -2.57. The Hall–Kier alpha value is -0.120. The first kappa shape index (κ1) is 12.9. The van der Waals surface area contributed by atoms with Gasteiger partial charge in [-0.3, -0.25) is 4.90 Å². The standard InChI is InChI=1S/C12H26N2O/c1-5-10(2)8-14(4)12(9-13)6-7-15-11(12)3/h10-11H,5-9,13H2,1-4H3. The van der Waals surface area contributed by atoms with Crippen molar-refractivity contribution in [3.63, 3.8) is 0 Å². The molecule has 0 amide bonds. The summed E-state index contributed by atoms with van der Waals surface area (Å²) in [6, 6.07) is 0. The lowest BCUT2D eigenvalue weighted by atomic mass is 9.89. The zero-order valence-corrected chi connectivity index (χ0v) is 10.6. The van der Waals surface area contributed by atoms with E-state index in [0.29, 0.717) is 6.54 Å². The highest BCUT2D eigenvalue weighted by Crippen LogP contribution is 2.31. The minimum atomic E-state index is 0.0728. The third-order valence-corrected chi connectivity index (χ3v) is 4.06. The van der Waals surface area contributed by atoms with Crippen molar-refractivity contribution < 1.29 is 4.74 Å². The van der Waals surface area contributed by atoms with Crippen molar-refractivity contribution in [1.82, 2.24) is 4.90 Å². The Morgan fingerprint density at radius 2 is 2.27 bits per heavy atom. The van der Waals surface area contributed by atoms with Crippen LogP contribution in [0.1, 0.15) is 33.6 Å². The van der Waals surface area contributed by atoms with Gasteiger partial charge in [0.2, 0.25) is 0 Å². The lowest BCUT2D eigenvalue weighted by molar-refractivity contribution is 0.0220. The van der Waals surface area contributed by atoms with E-state index in [0.717, 1.165) is 25.5 Å². The molecule has 3 nitrogen and oxygen atoms in total. The van der Waals surface area contributed by atoms with Crippen LogP contribution >= 0.6 is 0 Å². The molecule has 0 aromatic carbocycles. The van der Waals surface area contributed by atoms with Crippen molar-refractivity contribution >= 4 is 0 Å². The van der Waals surface area contributed by atoms with Crippen LogP contribution in [0.4, 0.5) is 0 Å². The fourth-order valence-corrected chi connectivity index (χ4v) is 2.47. The van der Waals surface area contributed by atoms with Crippen molar-refractivity contribution in [3.05, 3.63) is 0 Å². The molecule has 0 aromatic heterocycles. The van der Waals surface area contributed by atoms with Gasteiger partial charge in [0.25, 0.3) is 0 Å². The van der Waals surface area contributed by atoms with E-state index in [-0.39, 0.29) is 11.6 Å². The number of rotatable bonds is 5. The Labute approximate surface area is 94.0 Å². The Balaban J connectivity index is 2.64. The third kappa shape index (κ3) is 2.52. The van der Waals surface area contributed by atoms with E-state index in [1.165, 1.54) is 6.42 Å². The Morgan fingerprint density at radius 3 is 2.67 bits per heavy atom. The van der Waals surface area contributed by atoms with Crippen LogP contribution in [-0.2, 0) is 4.74 Å². The SMILES string of the molecule is CCC(C)CN(C)C1(CN)CCOC1C. The van der Waals surface area contributed by atoms with Crippen LogP contribution < -0.4 is 5.73 Å². The van der Waals surface area contributed by atoms with Gasteiger partial charge in [0.15, 0.2) is 0 Å². The molecule has 0 saturated carbocycles. The number of likely N-dealkylation sites (N-methyl/N-ethyl adjacent to an activating group) is 1. The topological polar surface area (TPSA) is 38.5 Å². The molecule has 0 bridgehead atoms. The zero-order valence-electron chi connectivity index (χ0n) is 10.6. The van der Waals surface area contributed by atoms with E-state index < -0.39 is 0 Å². The summed E-state index contributed by atoms with van der Waals surface area (Å²) < 4.78 is 5.67. The highest BCUT2D eigenvalue weighted by molar-refractivity contribution is 4.99. The summed E-state index contributed by atoms with van der Waals surface area (Å²) in [7, 11) is 2.18. The third-order valence-electron chi connectivity index (χ3n) is 4.06.